The quantitative estimate of drug-likeness (QED) is 0.460. The lowest BCUT2D eigenvalue weighted by molar-refractivity contribution is 0.0953. The number of carbonyl (C=O) groups is 1. The molecule has 1 amide bonds. The van der Waals surface area contributed by atoms with E-state index in [0.717, 1.165) is 4.57 Å². The van der Waals surface area contributed by atoms with Crippen molar-refractivity contribution in [3.8, 4) is 0 Å². The number of hydrogen-bond donors (Lipinski definition) is 2. The van der Waals surface area contributed by atoms with Crippen molar-refractivity contribution in [2.24, 2.45) is 12.9 Å². The monoisotopic (exact) mass is 352 g/mol. The van der Waals surface area contributed by atoms with Gasteiger partial charge in [0, 0.05) is 29.3 Å². The van der Waals surface area contributed by atoms with Gasteiger partial charge in [-0.25, -0.2) is 10.6 Å². The van der Waals surface area contributed by atoms with E-state index in [2.05, 4.69) is 15.9 Å². The zero-order chi connectivity index (χ0) is 15.6. The van der Waals surface area contributed by atoms with Gasteiger partial charge in [0.25, 0.3) is 11.5 Å². The second-order valence-corrected chi connectivity index (χ2v) is 5.27. The molecule has 21 heavy (non-hydrogen) atoms. The average Bonchev–Trinajstić information content (AvgIpc) is 2.48. The van der Waals surface area contributed by atoms with Crippen LogP contribution in [-0.2, 0) is 13.6 Å². The summed E-state index contributed by atoms with van der Waals surface area (Å²) < 4.78 is 3.05. The van der Waals surface area contributed by atoms with Gasteiger partial charge in [-0.2, -0.15) is 0 Å². The Hall–Kier alpha value is -2.19. The van der Waals surface area contributed by atoms with Gasteiger partial charge in [0.05, 0.1) is 6.54 Å². The molecule has 2 rings (SSSR count). The lowest BCUT2D eigenvalue weighted by Crippen LogP contribution is -2.38. The molecule has 7 nitrogen and oxygen atoms in total. The van der Waals surface area contributed by atoms with Crippen LogP contribution in [0.25, 0.3) is 0 Å². The molecule has 0 bridgehead atoms. The Morgan fingerprint density at radius 2 is 2.05 bits per heavy atom. The molecule has 0 radical (unpaired) electrons. The fourth-order valence-electron chi connectivity index (χ4n) is 1.83. The Labute approximate surface area is 128 Å². The molecule has 0 atom stereocenters. The molecule has 0 aliphatic heterocycles. The molecule has 0 aliphatic rings. The highest BCUT2D eigenvalue weighted by Crippen LogP contribution is 2.19. The Balaban J connectivity index is 2.42. The SMILES string of the molecule is Cn1ccc(=O)n(Cc2ccc(C(=O)NN)cc2Br)c1=O. The molecule has 8 heteroatoms. The van der Waals surface area contributed by atoms with Gasteiger partial charge in [-0.15, -0.1) is 0 Å². The molecule has 0 spiro atoms. The summed E-state index contributed by atoms with van der Waals surface area (Å²) in [5.41, 5.74) is 2.33. The number of nitrogens with one attached hydrogen (secondary N) is 1. The van der Waals surface area contributed by atoms with Crippen LogP contribution in [0.3, 0.4) is 0 Å². The molecule has 2 aromatic rings. The second-order valence-electron chi connectivity index (χ2n) is 4.41. The number of halogens is 1. The summed E-state index contributed by atoms with van der Waals surface area (Å²) in [7, 11) is 1.57. The van der Waals surface area contributed by atoms with Crippen molar-refractivity contribution in [3.63, 3.8) is 0 Å². The minimum Gasteiger partial charge on any atom is -0.303 e. The number of aromatic nitrogens is 2. The van der Waals surface area contributed by atoms with Crippen molar-refractivity contribution in [2.45, 2.75) is 6.54 Å². The van der Waals surface area contributed by atoms with Gasteiger partial charge >= 0.3 is 5.69 Å². The third-order valence-corrected chi connectivity index (χ3v) is 3.75. The molecular formula is C13H13BrN4O3. The maximum absolute atomic E-state index is 12.0. The number of benzene rings is 1. The number of nitrogen functional groups attached to an aromatic ring is 1. The zero-order valence-electron chi connectivity index (χ0n) is 11.2. The number of aryl methyl sites for hydroxylation is 1. The van der Waals surface area contributed by atoms with Crippen LogP contribution < -0.4 is 22.5 Å². The van der Waals surface area contributed by atoms with E-state index in [1.165, 1.54) is 16.8 Å². The summed E-state index contributed by atoms with van der Waals surface area (Å²) in [6.45, 7) is 0.109. The lowest BCUT2D eigenvalue weighted by atomic mass is 10.1. The first-order valence-electron chi connectivity index (χ1n) is 6.00. The highest BCUT2D eigenvalue weighted by molar-refractivity contribution is 9.10. The Kier molecular flexibility index (Phi) is 4.39. The second kappa shape index (κ2) is 6.06. The van der Waals surface area contributed by atoms with Gasteiger partial charge in [-0.1, -0.05) is 22.0 Å². The van der Waals surface area contributed by atoms with Crippen LogP contribution in [0.5, 0.6) is 0 Å². The minimum atomic E-state index is -0.421. The summed E-state index contributed by atoms with van der Waals surface area (Å²) in [6.07, 6.45) is 1.42. The molecule has 1 aromatic carbocycles. The first kappa shape index (κ1) is 15.2. The molecular weight excluding hydrogens is 340 g/mol. The van der Waals surface area contributed by atoms with Gasteiger partial charge in [-0.05, 0) is 17.7 Å². The van der Waals surface area contributed by atoms with Gasteiger partial charge in [0.1, 0.15) is 0 Å². The summed E-state index contributed by atoms with van der Waals surface area (Å²) in [5.74, 6) is 4.65. The number of nitrogens with two attached hydrogens (primary N) is 1. The van der Waals surface area contributed by atoms with Crippen LogP contribution in [0.4, 0.5) is 0 Å². The fraction of sp³-hybridized carbons (Fsp3) is 0.154. The number of carbonyl (C=O) groups excluding carboxylic acids is 1. The van der Waals surface area contributed by atoms with Gasteiger partial charge < -0.3 is 4.57 Å². The van der Waals surface area contributed by atoms with Crippen LogP contribution >= 0.6 is 15.9 Å². The summed E-state index contributed by atoms with van der Waals surface area (Å²) in [5, 5.41) is 0. The molecule has 0 aliphatic carbocycles. The molecule has 0 fully saturated rings. The van der Waals surface area contributed by atoms with Crippen LogP contribution in [0.1, 0.15) is 15.9 Å². The van der Waals surface area contributed by atoms with Crippen molar-refractivity contribution in [3.05, 3.63) is 66.9 Å². The largest absolute Gasteiger partial charge is 0.331 e. The van der Waals surface area contributed by atoms with E-state index in [-0.39, 0.29) is 12.1 Å². The molecule has 3 N–H and O–H groups in total. The van der Waals surface area contributed by atoms with E-state index in [4.69, 9.17) is 5.84 Å². The predicted octanol–water partition coefficient (Wildman–Crippen LogP) is -0.0387. The number of amides is 1. The Morgan fingerprint density at radius 1 is 1.33 bits per heavy atom. The normalized spacial score (nSPS) is 10.4. The summed E-state index contributed by atoms with van der Waals surface area (Å²) in [4.78, 5) is 35.2. The maximum Gasteiger partial charge on any atom is 0.331 e. The molecule has 110 valence electrons. The van der Waals surface area contributed by atoms with Crippen LogP contribution in [0.15, 0.2) is 44.5 Å². The third-order valence-electron chi connectivity index (χ3n) is 3.01. The average molecular weight is 353 g/mol. The van der Waals surface area contributed by atoms with E-state index in [1.54, 1.807) is 25.2 Å². The van der Waals surface area contributed by atoms with Crippen LogP contribution in [0.2, 0.25) is 0 Å². The van der Waals surface area contributed by atoms with Crippen molar-refractivity contribution in [1.29, 1.82) is 0 Å². The minimum absolute atomic E-state index is 0.109. The Bertz CT molecular complexity index is 810. The van der Waals surface area contributed by atoms with Gasteiger partial charge in [0.2, 0.25) is 0 Å². The lowest BCUT2D eigenvalue weighted by Gasteiger charge is -2.09. The van der Waals surface area contributed by atoms with Crippen LogP contribution in [-0.4, -0.2) is 15.0 Å². The standard InChI is InChI=1S/C13H13BrN4O3/c1-17-5-4-11(19)18(13(17)21)7-9-3-2-8(6-10(9)14)12(20)16-15/h2-6H,7,15H2,1H3,(H,16,20). The molecule has 1 aromatic heterocycles. The highest BCUT2D eigenvalue weighted by Gasteiger charge is 2.10. The molecule has 0 saturated carbocycles. The predicted molar refractivity (Wildman–Crippen MR) is 80.8 cm³/mol. The Morgan fingerprint density at radius 3 is 2.67 bits per heavy atom. The van der Waals surface area contributed by atoms with Gasteiger partial charge in [-0.3, -0.25) is 19.6 Å². The van der Waals surface area contributed by atoms with E-state index in [9.17, 15) is 14.4 Å². The van der Waals surface area contributed by atoms with Crippen molar-refractivity contribution in [1.82, 2.24) is 14.6 Å². The summed E-state index contributed by atoms with van der Waals surface area (Å²) >= 11 is 3.32. The zero-order valence-corrected chi connectivity index (χ0v) is 12.8. The summed E-state index contributed by atoms with van der Waals surface area (Å²) in [6, 6.07) is 6.13. The molecule has 1 heterocycles. The smallest absolute Gasteiger partial charge is 0.303 e. The maximum atomic E-state index is 12.0. The van der Waals surface area contributed by atoms with E-state index < -0.39 is 11.6 Å². The number of hydrogen-bond acceptors (Lipinski definition) is 4. The van der Waals surface area contributed by atoms with E-state index >= 15 is 0 Å². The number of hydrazine groups is 1. The van der Waals surface area contributed by atoms with Crippen molar-refractivity contribution >= 4 is 21.8 Å². The van der Waals surface area contributed by atoms with Crippen molar-refractivity contribution < 1.29 is 4.79 Å². The number of rotatable bonds is 3. The van der Waals surface area contributed by atoms with E-state index in [1.807, 2.05) is 5.43 Å². The van der Waals surface area contributed by atoms with E-state index in [0.29, 0.717) is 15.6 Å². The number of nitrogens with zero attached hydrogens (tertiary/aromatic N) is 2. The first-order valence-corrected chi connectivity index (χ1v) is 6.79. The van der Waals surface area contributed by atoms with Gasteiger partial charge in [0.15, 0.2) is 0 Å². The van der Waals surface area contributed by atoms with Crippen LogP contribution in [0, 0.1) is 0 Å². The third kappa shape index (κ3) is 3.11. The van der Waals surface area contributed by atoms with Crippen molar-refractivity contribution in [2.75, 3.05) is 0 Å². The molecule has 0 unspecified atom stereocenters. The molecule has 0 saturated heterocycles. The first-order chi connectivity index (χ1) is 9.93. The fourth-order valence-corrected chi connectivity index (χ4v) is 2.33. The topological polar surface area (TPSA) is 99.1 Å². The highest BCUT2D eigenvalue weighted by atomic mass is 79.9.